The van der Waals surface area contributed by atoms with Crippen LogP contribution in [0.25, 0.3) is 10.9 Å². The fraction of sp³-hybridized carbons (Fsp3) is 0.531. The van der Waals surface area contributed by atoms with Crippen molar-refractivity contribution in [1.29, 1.82) is 0 Å². The number of hydrogen-bond acceptors (Lipinski definition) is 7. The molecule has 3 heterocycles. The average Bonchev–Trinajstić information content (AvgIpc) is 3.48. The minimum absolute atomic E-state index is 0.0868. The van der Waals surface area contributed by atoms with E-state index in [-0.39, 0.29) is 18.9 Å². The number of benzene rings is 1. The van der Waals surface area contributed by atoms with Gasteiger partial charge in [0.2, 0.25) is 11.8 Å². The number of aliphatic carboxylic acids is 1. The van der Waals surface area contributed by atoms with E-state index in [1.807, 2.05) is 36.4 Å². The van der Waals surface area contributed by atoms with Gasteiger partial charge in [-0.25, -0.2) is 9.59 Å². The number of nitrogens with zero attached hydrogens (tertiary/aromatic N) is 2. The smallest absolute Gasteiger partial charge is 0.408 e. The highest BCUT2D eigenvalue weighted by atomic mass is 16.6. The van der Waals surface area contributed by atoms with Crippen LogP contribution in [-0.4, -0.2) is 74.7 Å². The lowest BCUT2D eigenvalue weighted by Gasteiger charge is -2.30. The molecule has 2 aliphatic heterocycles. The van der Waals surface area contributed by atoms with Crippen molar-refractivity contribution in [3.05, 3.63) is 48.7 Å². The summed E-state index contributed by atoms with van der Waals surface area (Å²) in [6.45, 7) is 5.31. The van der Waals surface area contributed by atoms with Crippen LogP contribution in [0.4, 0.5) is 4.79 Å². The van der Waals surface area contributed by atoms with E-state index < -0.39 is 53.2 Å². The molecule has 1 aliphatic carbocycles. The van der Waals surface area contributed by atoms with Gasteiger partial charge in [-0.05, 0) is 83.4 Å². The van der Waals surface area contributed by atoms with Crippen molar-refractivity contribution in [2.75, 3.05) is 6.54 Å². The molecule has 2 fully saturated rings. The molecule has 1 aromatic heterocycles. The standard InChI is InChI=1S/C32H40N4O7/c1-31(2,3)43-30(41)34-24-14-8-6-4-5-7-11-20-18-32(20,29(39)40)35-27(37)25-17-21(19-36(25)28(24)38)42-26-15-16-33-23-13-10-9-12-22(23)26/h4-5,9-10,12-13,15-16,20-21,24-25H,6-8,11,14,17-19H2,1-3H3,(H,34,41)(H,35,37)(H,39,40)/b5-4+/t20?,21-,24+,25+,32-/m1/s1. The molecule has 2 aromatic rings. The van der Waals surface area contributed by atoms with E-state index in [4.69, 9.17) is 9.47 Å². The Balaban J connectivity index is 1.44. The van der Waals surface area contributed by atoms with Crippen molar-refractivity contribution >= 4 is 34.8 Å². The zero-order valence-electron chi connectivity index (χ0n) is 24.9. The third-order valence-corrected chi connectivity index (χ3v) is 8.29. The van der Waals surface area contributed by atoms with Gasteiger partial charge in [-0.15, -0.1) is 0 Å². The summed E-state index contributed by atoms with van der Waals surface area (Å²) in [5, 5.41) is 16.4. The lowest BCUT2D eigenvalue weighted by Crippen LogP contribution is -2.56. The Kier molecular flexibility index (Phi) is 8.62. The van der Waals surface area contributed by atoms with Crippen molar-refractivity contribution in [2.45, 2.75) is 95.0 Å². The Morgan fingerprint density at radius 2 is 1.88 bits per heavy atom. The van der Waals surface area contributed by atoms with E-state index in [0.717, 1.165) is 10.9 Å². The number of carboxylic acid groups (broad SMARTS) is 1. The summed E-state index contributed by atoms with van der Waals surface area (Å²) in [5.41, 5.74) is -1.36. The largest absolute Gasteiger partial charge is 0.488 e. The molecular formula is C32H40N4O7. The molecule has 1 saturated heterocycles. The summed E-state index contributed by atoms with van der Waals surface area (Å²) >= 11 is 0. The number of amides is 3. The molecular weight excluding hydrogens is 552 g/mol. The number of alkyl carbamates (subject to hydrolysis) is 1. The van der Waals surface area contributed by atoms with Gasteiger partial charge in [0.25, 0.3) is 0 Å². The molecule has 3 N–H and O–H groups in total. The Morgan fingerprint density at radius 3 is 2.65 bits per heavy atom. The van der Waals surface area contributed by atoms with Gasteiger partial charge in [-0.2, -0.15) is 0 Å². The van der Waals surface area contributed by atoms with Gasteiger partial charge in [0, 0.05) is 18.0 Å². The molecule has 5 atom stereocenters. The second-order valence-electron chi connectivity index (χ2n) is 12.7. The van der Waals surface area contributed by atoms with Gasteiger partial charge < -0.3 is 30.1 Å². The van der Waals surface area contributed by atoms with Crippen molar-refractivity contribution in [1.82, 2.24) is 20.5 Å². The Morgan fingerprint density at radius 1 is 1.12 bits per heavy atom. The number of allylic oxidation sites excluding steroid dienone is 2. The number of carboxylic acids is 1. The number of hydrogen-bond donors (Lipinski definition) is 3. The van der Waals surface area contributed by atoms with Gasteiger partial charge in [0.1, 0.15) is 35.1 Å². The second-order valence-corrected chi connectivity index (χ2v) is 12.7. The number of nitrogens with one attached hydrogen (secondary N) is 2. The fourth-order valence-corrected chi connectivity index (χ4v) is 6.06. The molecule has 11 heteroatoms. The van der Waals surface area contributed by atoms with Crippen LogP contribution in [0.5, 0.6) is 5.75 Å². The van der Waals surface area contributed by atoms with Crippen LogP contribution in [-0.2, 0) is 19.1 Å². The normalized spacial score (nSPS) is 28.9. The van der Waals surface area contributed by atoms with Gasteiger partial charge in [0.05, 0.1) is 12.1 Å². The maximum Gasteiger partial charge on any atom is 0.408 e. The van der Waals surface area contributed by atoms with Gasteiger partial charge in [-0.3, -0.25) is 14.6 Å². The fourth-order valence-electron chi connectivity index (χ4n) is 6.06. The number of carbonyl (C=O) groups excluding carboxylic acids is 3. The Bertz CT molecular complexity index is 1410. The van der Waals surface area contributed by atoms with Gasteiger partial charge in [-0.1, -0.05) is 24.3 Å². The quantitative estimate of drug-likeness (QED) is 0.452. The zero-order valence-corrected chi connectivity index (χ0v) is 24.9. The first-order valence-corrected chi connectivity index (χ1v) is 15.0. The minimum Gasteiger partial charge on any atom is -0.488 e. The third kappa shape index (κ3) is 6.92. The summed E-state index contributed by atoms with van der Waals surface area (Å²) in [6, 6.07) is 7.35. The minimum atomic E-state index is -1.35. The van der Waals surface area contributed by atoms with E-state index in [0.29, 0.717) is 44.3 Å². The van der Waals surface area contributed by atoms with Crippen molar-refractivity contribution < 1.29 is 33.8 Å². The summed E-state index contributed by atoms with van der Waals surface area (Å²) in [6.07, 6.45) is 7.88. The van der Waals surface area contributed by atoms with Crippen molar-refractivity contribution in [3.63, 3.8) is 0 Å². The molecule has 3 amide bonds. The Hall–Kier alpha value is -4.15. The second kappa shape index (κ2) is 12.2. The molecule has 1 saturated carbocycles. The number of para-hydroxylation sites is 1. The summed E-state index contributed by atoms with van der Waals surface area (Å²) < 4.78 is 11.8. The molecule has 43 heavy (non-hydrogen) atoms. The number of ether oxygens (including phenoxy) is 2. The average molecular weight is 593 g/mol. The third-order valence-electron chi connectivity index (χ3n) is 8.29. The van der Waals surface area contributed by atoms with E-state index in [1.165, 1.54) is 4.90 Å². The lowest BCUT2D eigenvalue weighted by molar-refractivity contribution is -0.146. The molecule has 0 spiro atoms. The van der Waals surface area contributed by atoms with Crippen LogP contribution in [0.1, 0.15) is 65.7 Å². The van der Waals surface area contributed by atoms with E-state index in [1.54, 1.807) is 33.0 Å². The van der Waals surface area contributed by atoms with E-state index in [2.05, 4.69) is 15.6 Å². The zero-order chi connectivity index (χ0) is 30.8. The number of fused-ring (bicyclic) bond motifs is 3. The Labute approximate surface area is 251 Å². The lowest BCUT2D eigenvalue weighted by atomic mass is 10.1. The predicted molar refractivity (Wildman–Crippen MR) is 158 cm³/mol. The molecule has 1 aromatic carbocycles. The van der Waals surface area contributed by atoms with Crippen LogP contribution >= 0.6 is 0 Å². The van der Waals surface area contributed by atoms with Gasteiger partial charge in [0.15, 0.2) is 0 Å². The van der Waals surface area contributed by atoms with Crippen LogP contribution in [0.2, 0.25) is 0 Å². The first kappa shape index (κ1) is 30.3. The summed E-state index contributed by atoms with van der Waals surface area (Å²) in [7, 11) is 0. The summed E-state index contributed by atoms with van der Waals surface area (Å²) in [5.74, 6) is -1.66. The maximum absolute atomic E-state index is 14.1. The summed E-state index contributed by atoms with van der Waals surface area (Å²) in [4.78, 5) is 58.8. The van der Waals surface area contributed by atoms with Crippen molar-refractivity contribution in [2.24, 2.45) is 5.92 Å². The van der Waals surface area contributed by atoms with Crippen LogP contribution < -0.4 is 15.4 Å². The van der Waals surface area contributed by atoms with Crippen LogP contribution in [0, 0.1) is 5.92 Å². The topological polar surface area (TPSA) is 147 Å². The highest BCUT2D eigenvalue weighted by Crippen LogP contribution is 2.47. The molecule has 0 bridgehead atoms. The first-order chi connectivity index (χ1) is 20.5. The predicted octanol–water partition coefficient (Wildman–Crippen LogP) is 3.96. The van der Waals surface area contributed by atoms with Gasteiger partial charge >= 0.3 is 12.1 Å². The monoisotopic (exact) mass is 592 g/mol. The molecule has 0 radical (unpaired) electrons. The highest BCUT2D eigenvalue weighted by molar-refractivity contribution is 5.96. The molecule has 1 unspecified atom stereocenters. The molecule has 11 nitrogen and oxygen atoms in total. The van der Waals surface area contributed by atoms with Crippen molar-refractivity contribution in [3.8, 4) is 5.75 Å². The maximum atomic E-state index is 14.1. The molecule has 3 aliphatic rings. The highest BCUT2D eigenvalue weighted by Gasteiger charge is 2.62. The van der Waals surface area contributed by atoms with Crippen LogP contribution in [0.3, 0.4) is 0 Å². The SMILES string of the molecule is CC(C)(C)OC(=O)N[C@H]1CCC/C=C/CCC2C[C@@]2(C(=O)O)NC(=O)[C@@H]2C[C@@H](Oc3ccnc4ccccc34)CN2C1=O. The molecule has 230 valence electrons. The first-order valence-electron chi connectivity index (χ1n) is 15.0. The number of aromatic nitrogens is 1. The van der Waals surface area contributed by atoms with Crippen LogP contribution in [0.15, 0.2) is 48.7 Å². The van der Waals surface area contributed by atoms with E-state index in [9.17, 15) is 24.3 Å². The number of carbonyl (C=O) groups is 4. The van der Waals surface area contributed by atoms with E-state index >= 15 is 0 Å². The number of rotatable bonds is 4. The number of pyridine rings is 1. The molecule has 5 rings (SSSR count).